The number of carbonyl (C=O) groups excluding carboxylic acids is 1. The molecular weight excluding hydrogens is 273 g/mol. The lowest BCUT2D eigenvalue weighted by atomic mass is 10.6. The fraction of sp³-hybridized carbons (Fsp3) is 0.800. The van der Waals surface area contributed by atoms with Gasteiger partial charge in [-0.3, -0.25) is 13.8 Å². The molecule has 0 aromatic carbocycles. The van der Waals surface area contributed by atoms with E-state index < -0.39 is 13.7 Å². The van der Waals surface area contributed by atoms with Crippen LogP contribution >= 0.6 is 7.75 Å². The van der Waals surface area contributed by atoms with Crippen LogP contribution in [0.1, 0.15) is 20.8 Å². The maximum Gasteiger partial charge on any atom is 0.457 e. The average Bonchev–Trinajstić information content (AvgIpc) is 2.29. The molecule has 2 N–H and O–H groups in total. The number of rotatable bonds is 8. The lowest BCUT2D eigenvalue weighted by molar-refractivity contribution is -0.143. The zero-order chi connectivity index (χ0) is 14.9. The standard InChI is InChI=1S/C10H22N3O5P/c1-5-16-9(14)8-13(4)10(11)12-19(15,17-6-2)18-7-3/h5-8H2,1-4H3,(H2,11,12,15). The van der Waals surface area contributed by atoms with Crippen molar-refractivity contribution in [1.29, 1.82) is 0 Å². The summed E-state index contributed by atoms with van der Waals surface area (Å²) in [6.07, 6.45) is 0. The number of hydrogen-bond donors (Lipinski definition) is 1. The minimum atomic E-state index is -3.62. The molecule has 0 aliphatic heterocycles. The molecule has 0 amide bonds. The van der Waals surface area contributed by atoms with Gasteiger partial charge in [0.25, 0.3) is 0 Å². The predicted molar refractivity (Wildman–Crippen MR) is 71.7 cm³/mol. The number of nitrogens with two attached hydrogens (primary N) is 1. The van der Waals surface area contributed by atoms with Gasteiger partial charge in [0.2, 0.25) is 5.96 Å². The fourth-order valence-corrected chi connectivity index (χ4v) is 2.35. The Kier molecular flexibility index (Phi) is 8.38. The number of ether oxygens (including phenoxy) is 1. The topological polar surface area (TPSA) is 103 Å². The van der Waals surface area contributed by atoms with E-state index in [0.29, 0.717) is 0 Å². The van der Waals surface area contributed by atoms with Crippen molar-refractivity contribution in [3.63, 3.8) is 0 Å². The van der Waals surface area contributed by atoms with E-state index in [4.69, 9.17) is 19.5 Å². The first kappa shape index (κ1) is 17.9. The third kappa shape index (κ3) is 7.15. The highest BCUT2D eigenvalue weighted by atomic mass is 31.2. The molecular formula is C10H22N3O5P. The number of nitrogens with zero attached hydrogens (tertiary/aromatic N) is 2. The molecule has 0 bridgehead atoms. The molecule has 0 fully saturated rings. The number of hydrogen-bond acceptors (Lipinski definition) is 5. The fourth-order valence-electron chi connectivity index (χ4n) is 1.10. The summed E-state index contributed by atoms with van der Waals surface area (Å²) in [7, 11) is -2.09. The van der Waals surface area contributed by atoms with Crippen molar-refractivity contribution in [3.05, 3.63) is 0 Å². The van der Waals surface area contributed by atoms with Crippen molar-refractivity contribution in [3.8, 4) is 0 Å². The quantitative estimate of drug-likeness (QED) is 0.308. The van der Waals surface area contributed by atoms with Crippen LogP contribution in [0.25, 0.3) is 0 Å². The first-order chi connectivity index (χ1) is 8.88. The molecule has 19 heavy (non-hydrogen) atoms. The molecule has 8 nitrogen and oxygen atoms in total. The number of esters is 1. The van der Waals surface area contributed by atoms with E-state index >= 15 is 0 Å². The normalized spacial score (nSPS) is 12.3. The molecule has 0 heterocycles. The van der Waals surface area contributed by atoms with Crippen molar-refractivity contribution in [2.24, 2.45) is 10.5 Å². The second-order valence-electron chi connectivity index (χ2n) is 3.42. The lowest BCUT2D eigenvalue weighted by Crippen LogP contribution is -2.38. The largest absolute Gasteiger partial charge is 0.465 e. The number of carbonyl (C=O) groups is 1. The van der Waals surface area contributed by atoms with E-state index in [-0.39, 0.29) is 32.3 Å². The van der Waals surface area contributed by atoms with Crippen LogP contribution in [-0.4, -0.2) is 50.2 Å². The maximum absolute atomic E-state index is 12.1. The molecule has 0 saturated heterocycles. The van der Waals surface area contributed by atoms with Crippen LogP contribution in [0, 0.1) is 0 Å². The van der Waals surface area contributed by atoms with Gasteiger partial charge in [0.05, 0.1) is 19.8 Å². The highest BCUT2D eigenvalue weighted by Crippen LogP contribution is 2.49. The molecule has 9 heteroatoms. The molecule has 0 atom stereocenters. The van der Waals surface area contributed by atoms with E-state index in [1.54, 1.807) is 20.8 Å². The number of guanidine groups is 1. The Hall–Kier alpha value is -1.11. The van der Waals surface area contributed by atoms with Crippen LogP contribution in [0.15, 0.2) is 4.76 Å². The second kappa shape index (κ2) is 8.90. The minimum absolute atomic E-state index is 0.0958. The van der Waals surface area contributed by atoms with Crippen molar-refractivity contribution in [1.82, 2.24) is 4.90 Å². The Morgan fingerprint density at radius 2 is 1.74 bits per heavy atom. The smallest absolute Gasteiger partial charge is 0.457 e. The first-order valence-corrected chi connectivity index (χ1v) is 7.49. The Labute approximate surface area is 113 Å². The molecule has 0 aliphatic rings. The van der Waals surface area contributed by atoms with Gasteiger partial charge in [0.15, 0.2) is 0 Å². The lowest BCUT2D eigenvalue weighted by Gasteiger charge is -2.19. The Bertz CT molecular complexity index is 351. The number of likely N-dealkylation sites (N-methyl/N-ethyl adjacent to an activating group) is 1. The van der Waals surface area contributed by atoms with Crippen molar-refractivity contribution in [2.75, 3.05) is 33.4 Å². The molecule has 0 unspecified atom stereocenters. The summed E-state index contributed by atoms with van der Waals surface area (Å²) in [6, 6.07) is 0. The highest BCUT2D eigenvalue weighted by Gasteiger charge is 2.24. The van der Waals surface area contributed by atoms with Gasteiger partial charge >= 0.3 is 13.7 Å². The van der Waals surface area contributed by atoms with Gasteiger partial charge in [-0.2, -0.15) is 0 Å². The summed E-state index contributed by atoms with van der Waals surface area (Å²) in [5.74, 6) is -0.566. The van der Waals surface area contributed by atoms with Crippen molar-refractivity contribution < 1.29 is 23.1 Å². The van der Waals surface area contributed by atoms with Gasteiger partial charge in [-0.1, -0.05) is 0 Å². The summed E-state index contributed by atoms with van der Waals surface area (Å²) in [6.45, 7) is 5.57. The molecule has 0 spiro atoms. The Morgan fingerprint density at radius 3 is 2.16 bits per heavy atom. The zero-order valence-electron chi connectivity index (χ0n) is 11.8. The Balaban J connectivity index is 4.74. The average molecular weight is 295 g/mol. The summed E-state index contributed by atoms with van der Waals surface area (Å²) >= 11 is 0. The van der Waals surface area contributed by atoms with Gasteiger partial charge in [-0.05, 0) is 20.8 Å². The van der Waals surface area contributed by atoms with Crippen LogP contribution in [0.2, 0.25) is 0 Å². The summed E-state index contributed by atoms with van der Waals surface area (Å²) in [4.78, 5) is 12.6. The van der Waals surface area contributed by atoms with Gasteiger partial charge in [0.1, 0.15) is 6.54 Å². The second-order valence-corrected chi connectivity index (χ2v) is 5.08. The third-order valence-electron chi connectivity index (χ3n) is 1.87. The Morgan fingerprint density at radius 1 is 1.21 bits per heavy atom. The molecule has 0 rings (SSSR count). The van der Waals surface area contributed by atoms with E-state index in [1.807, 2.05) is 0 Å². The van der Waals surface area contributed by atoms with Crippen LogP contribution in [0.5, 0.6) is 0 Å². The van der Waals surface area contributed by atoms with E-state index in [1.165, 1.54) is 11.9 Å². The monoisotopic (exact) mass is 295 g/mol. The SMILES string of the molecule is CCOC(=O)CN(C)C(N)=NP(=O)(OCC)OCC. The van der Waals surface area contributed by atoms with Gasteiger partial charge in [0, 0.05) is 7.05 Å². The van der Waals surface area contributed by atoms with E-state index in [0.717, 1.165) is 0 Å². The minimum Gasteiger partial charge on any atom is -0.465 e. The molecule has 0 radical (unpaired) electrons. The van der Waals surface area contributed by atoms with Crippen molar-refractivity contribution >= 4 is 19.7 Å². The van der Waals surface area contributed by atoms with Crippen LogP contribution < -0.4 is 5.73 Å². The molecule has 0 aromatic rings. The molecule has 0 saturated carbocycles. The molecule has 0 aliphatic carbocycles. The van der Waals surface area contributed by atoms with Gasteiger partial charge < -0.3 is 15.4 Å². The van der Waals surface area contributed by atoms with Crippen LogP contribution in [0.4, 0.5) is 0 Å². The zero-order valence-corrected chi connectivity index (χ0v) is 12.7. The van der Waals surface area contributed by atoms with E-state index in [2.05, 4.69) is 4.76 Å². The van der Waals surface area contributed by atoms with Crippen LogP contribution in [0.3, 0.4) is 0 Å². The van der Waals surface area contributed by atoms with E-state index in [9.17, 15) is 9.36 Å². The van der Waals surface area contributed by atoms with Gasteiger partial charge in [-0.15, -0.1) is 4.76 Å². The molecule has 0 aromatic heterocycles. The van der Waals surface area contributed by atoms with Crippen LogP contribution in [-0.2, 0) is 23.1 Å². The summed E-state index contributed by atoms with van der Waals surface area (Å²) < 4.78 is 30.5. The summed E-state index contributed by atoms with van der Waals surface area (Å²) in [5, 5.41) is 0. The maximum atomic E-state index is 12.1. The summed E-state index contributed by atoms with van der Waals surface area (Å²) in [5.41, 5.74) is 5.64. The highest BCUT2D eigenvalue weighted by molar-refractivity contribution is 7.52. The van der Waals surface area contributed by atoms with Gasteiger partial charge in [-0.25, -0.2) is 4.57 Å². The third-order valence-corrected chi connectivity index (χ3v) is 3.49. The molecule has 112 valence electrons. The predicted octanol–water partition coefficient (Wildman–Crippen LogP) is 0.977. The first-order valence-electron chi connectivity index (χ1n) is 6.00. The van der Waals surface area contributed by atoms with Crippen molar-refractivity contribution in [2.45, 2.75) is 20.8 Å².